The molecule has 2 rings (SSSR count). The van der Waals surface area contributed by atoms with Gasteiger partial charge in [0, 0.05) is 6.54 Å². The minimum atomic E-state index is -0.0460. The molecule has 1 aliphatic rings. The third-order valence-corrected chi connectivity index (χ3v) is 2.00. The zero-order chi connectivity index (χ0) is 9.10. The number of amides is 1. The van der Waals surface area contributed by atoms with Crippen LogP contribution in [-0.2, 0) is 0 Å². The van der Waals surface area contributed by atoms with E-state index in [2.05, 4.69) is 5.32 Å². The van der Waals surface area contributed by atoms with E-state index < -0.39 is 0 Å². The van der Waals surface area contributed by atoms with E-state index in [1.54, 1.807) is 6.07 Å². The fourth-order valence-corrected chi connectivity index (χ4v) is 1.33. The third-order valence-electron chi connectivity index (χ3n) is 2.00. The van der Waals surface area contributed by atoms with E-state index in [0.717, 1.165) is 6.42 Å². The molecule has 0 atom stereocenters. The van der Waals surface area contributed by atoms with E-state index >= 15 is 0 Å². The predicted molar refractivity (Wildman–Crippen MR) is 48.9 cm³/mol. The van der Waals surface area contributed by atoms with Crippen molar-refractivity contribution < 1.29 is 9.53 Å². The molecule has 0 saturated heterocycles. The molecule has 68 valence electrons. The van der Waals surface area contributed by atoms with Crippen molar-refractivity contribution in [1.82, 2.24) is 5.32 Å². The van der Waals surface area contributed by atoms with Crippen LogP contribution in [0.2, 0.25) is 0 Å². The van der Waals surface area contributed by atoms with E-state index in [1.807, 2.05) is 18.2 Å². The summed E-state index contributed by atoms with van der Waals surface area (Å²) in [6.45, 7) is 1.35. The Morgan fingerprint density at radius 1 is 1.31 bits per heavy atom. The first-order valence-electron chi connectivity index (χ1n) is 4.38. The van der Waals surface area contributed by atoms with E-state index in [9.17, 15) is 4.79 Å². The van der Waals surface area contributed by atoms with Crippen LogP contribution in [0.25, 0.3) is 0 Å². The van der Waals surface area contributed by atoms with Crippen LogP contribution in [0.5, 0.6) is 5.75 Å². The Balaban J connectivity index is 2.37. The summed E-state index contributed by atoms with van der Waals surface area (Å²) >= 11 is 0. The molecule has 0 bridgehead atoms. The van der Waals surface area contributed by atoms with Crippen molar-refractivity contribution >= 4 is 5.91 Å². The molecule has 1 aromatic rings. The summed E-state index contributed by atoms with van der Waals surface area (Å²) in [7, 11) is 0. The number of nitrogens with one attached hydrogen (secondary N) is 1. The quantitative estimate of drug-likeness (QED) is 0.646. The summed E-state index contributed by atoms with van der Waals surface area (Å²) in [5.41, 5.74) is 0.627. The standard InChI is InChI=1S/C10H11NO2/c12-10-8-4-1-2-5-9(8)13-7-3-6-11-10/h1-2,4-5H,3,6-7H2,(H,11,12). The van der Waals surface area contributed by atoms with Gasteiger partial charge in [-0.3, -0.25) is 4.79 Å². The minimum absolute atomic E-state index is 0.0460. The van der Waals surface area contributed by atoms with Gasteiger partial charge in [0.2, 0.25) is 0 Å². The molecule has 0 saturated carbocycles. The number of rotatable bonds is 0. The lowest BCUT2D eigenvalue weighted by atomic mass is 10.2. The molecule has 3 nitrogen and oxygen atoms in total. The maximum absolute atomic E-state index is 11.5. The van der Waals surface area contributed by atoms with Gasteiger partial charge in [0.25, 0.3) is 5.91 Å². The van der Waals surface area contributed by atoms with Gasteiger partial charge >= 0.3 is 0 Å². The first-order valence-corrected chi connectivity index (χ1v) is 4.38. The van der Waals surface area contributed by atoms with Crippen LogP contribution in [0.15, 0.2) is 24.3 Å². The Hall–Kier alpha value is -1.51. The molecule has 0 aromatic heterocycles. The highest BCUT2D eigenvalue weighted by Gasteiger charge is 2.13. The van der Waals surface area contributed by atoms with Crippen molar-refractivity contribution in [3.05, 3.63) is 29.8 Å². The minimum Gasteiger partial charge on any atom is -0.493 e. The zero-order valence-corrected chi connectivity index (χ0v) is 7.25. The SMILES string of the molecule is O=C1NCCCOc2ccccc21. The lowest BCUT2D eigenvalue weighted by Gasteiger charge is -2.14. The number of fused-ring (bicyclic) bond motifs is 1. The average molecular weight is 177 g/mol. The molecule has 0 unspecified atom stereocenters. The molecular weight excluding hydrogens is 166 g/mol. The van der Waals surface area contributed by atoms with Gasteiger partial charge in [-0.25, -0.2) is 0 Å². The third kappa shape index (κ3) is 1.64. The number of benzene rings is 1. The summed E-state index contributed by atoms with van der Waals surface area (Å²) in [5.74, 6) is 0.634. The lowest BCUT2D eigenvalue weighted by molar-refractivity contribution is 0.0940. The van der Waals surface area contributed by atoms with Crippen molar-refractivity contribution in [2.45, 2.75) is 6.42 Å². The molecule has 3 heteroatoms. The van der Waals surface area contributed by atoms with Crippen molar-refractivity contribution in [1.29, 1.82) is 0 Å². The van der Waals surface area contributed by atoms with Gasteiger partial charge in [0.05, 0.1) is 12.2 Å². The maximum Gasteiger partial charge on any atom is 0.255 e. The Kier molecular flexibility index (Phi) is 2.17. The highest BCUT2D eigenvalue weighted by Crippen LogP contribution is 2.18. The van der Waals surface area contributed by atoms with Crippen LogP contribution in [0.1, 0.15) is 16.8 Å². The Labute approximate surface area is 76.7 Å². The summed E-state index contributed by atoms with van der Waals surface area (Å²) in [6, 6.07) is 7.30. The highest BCUT2D eigenvalue weighted by atomic mass is 16.5. The van der Waals surface area contributed by atoms with Crippen molar-refractivity contribution in [3.63, 3.8) is 0 Å². The molecule has 1 amide bonds. The molecular formula is C10H11NO2. The van der Waals surface area contributed by atoms with Gasteiger partial charge in [-0.1, -0.05) is 12.1 Å². The van der Waals surface area contributed by atoms with E-state index in [1.165, 1.54) is 0 Å². The monoisotopic (exact) mass is 177 g/mol. The molecule has 1 aromatic carbocycles. The van der Waals surface area contributed by atoms with E-state index in [-0.39, 0.29) is 5.91 Å². The largest absolute Gasteiger partial charge is 0.493 e. The second-order valence-corrected chi connectivity index (χ2v) is 2.95. The van der Waals surface area contributed by atoms with Crippen molar-refractivity contribution in [2.24, 2.45) is 0 Å². The molecule has 1 N–H and O–H groups in total. The molecule has 0 aliphatic carbocycles. The van der Waals surface area contributed by atoms with Gasteiger partial charge in [0.1, 0.15) is 5.75 Å². The second kappa shape index (κ2) is 3.47. The summed E-state index contributed by atoms with van der Waals surface area (Å²) < 4.78 is 5.44. The summed E-state index contributed by atoms with van der Waals surface area (Å²) in [6.07, 6.45) is 0.861. The number of hydrogen-bond acceptors (Lipinski definition) is 2. The second-order valence-electron chi connectivity index (χ2n) is 2.95. The first kappa shape index (κ1) is 8.10. The number of para-hydroxylation sites is 1. The Morgan fingerprint density at radius 3 is 3.08 bits per heavy atom. The molecule has 0 radical (unpaired) electrons. The van der Waals surface area contributed by atoms with Gasteiger partial charge in [-0.2, -0.15) is 0 Å². The van der Waals surface area contributed by atoms with Crippen LogP contribution in [0.4, 0.5) is 0 Å². The lowest BCUT2D eigenvalue weighted by Crippen LogP contribution is -2.28. The van der Waals surface area contributed by atoms with Gasteiger partial charge in [-0.05, 0) is 18.6 Å². The zero-order valence-electron chi connectivity index (χ0n) is 7.25. The topological polar surface area (TPSA) is 38.3 Å². The van der Waals surface area contributed by atoms with Crippen molar-refractivity contribution in [3.8, 4) is 5.75 Å². The molecule has 1 aliphatic heterocycles. The molecule has 1 heterocycles. The van der Waals surface area contributed by atoms with Crippen LogP contribution >= 0.6 is 0 Å². The van der Waals surface area contributed by atoms with Crippen LogP contribution < -0.4 is 10.1 Å². The first-order chi connectivity index (χ1) is 6.38. The van der Waals surface area contributed by atoms with E-state index in [0.29, 0.717) is 24.5 Å². The molecule has 0 fully saturated rings. The van der Waals surface area contributed by atoms with Gasteiger partial charge < -0.3 is 10.1 Å². The smallest absolute Gasteiger partial charge is 0.255 e. The van der Waals surface area contributed by atoms with Gasteiger partial charge in [-0.15, -0.1) is 0 Å². The Morgan fingerprint density at radius 2 is 2.15 bits per heavy atom. The van der Waals surface area contributed by atoms with Crippen LogP contribution in [-0.4, -0.2) is 19.1 Å². The number of hydrogen-bond donors (Lipinski definition) is 1. The van der Waals surface area contributed by atoms with Gasteiger partial charge in [0.15, 0.2) is 0 Å². The number of ether oxygens (including phenoxy) is 1. The van der Waals surface area contributed by atoms with Crippen LogP contribution in [0, 0.1) is 0 Å². The highest BCUT2D eigenvalue weighted by molar-refractivity contribution is 5.96. The average Bonchev–Trinajstić information content (AvgIpc) is 2.14. The predicted octanol–water partition coefficient (Wildman–Crippen LogP) is 1.20. The number of carbonyl (C=O) groups excluding carboxylic acids is 1. The van der Waals surface area contributed by atoms with Crippen LogP contribution in [0.3, 0.4) is 0 Å². The molecule has 0 spiro atoms. The van der Waals surface area contributed by atoms with Crippen molar-refractivity contribution in [2.75, 3.05) is 13.2 Å². The fourth-order valence-electron chi connectivity index (χ4n) is 1.33. The number of carbonyl (C=O) groups is 1. The fraction of sp³-hybridized carbons (Fsp3) is 0.300. The Bertz CT molecular complexity index is 322. The summed E-state index contributed by atoms with van der Waals surface area (Å²) in [5, 5.41) is 2.82. The molecule has 13 heavy (non-hydrogen) atoms. The van der Waals surface area contributed by atoms with E-state index in [4.69, 9.17) is 4.74 Å². The normalized spacial score (nSPS) is 16.2. The maximum atomic E-state index is 11.5. The summed E-state index contributed by atoms with van der Waals surface area (Å²) in [4.78, 5) is 11.5.